The van der Waals surface area contributed by atoms with Crippen LogP contribution in [0.5, 0.6) is 0 Å². The maximum Gasteiger partial charge on any atom is 0.256 e. The summed E-state index contributed by atoms with van der Waals surface area (Å²) in [7, 11) is 0. The van der Waals surface area contributed by atoms with Crippen molar-refractivity contribution in [3.05, 3.63) is 34.2 Å². The molecule has 0 aliphatic carbocycles. The molecule has 1 aromatic rings. The first-order valence-corrected chi connectivity index (χ1v) is 4.08. The van der Waals surface area contributed by atoms with Gasteiger partial charge in [0.15, 0.2) is 5.43 Å². The van der Waals surface area contributed by atoms with E-state index in [1.54, 1.807) is 0 Å². The Hall–Kier alpha value is -2.09. The van der Waals surface area contributed by atoms with Gasteiger partial charge in [-0.25, -0.2) is 0 Å². The van der Waals surface area contributed by atoms with Gasteiger partial charge in [0.1, 0.15) is 5.56 Å². The van der Waals surface area contributed by atoms with Crippen LogP contribution in [-0.2, 0) is 0 Å². The fourth-order valence-corrected chi connectivity index (χ4v) is 0.921. The third-order valence-corrected chi connectivity index (χ3v) is 1.59. The molecule has 5 heteroatoms. The molecule has 1 heterocycles. The molecule has 0 spiro atoms. The predicted octanol–water partition coefficient (Wildman–Crippen LogP) is 0.0184. The van der Waals surface area contributed by atoms with Crippen LogP contribution in [0.3, 0.4) is 0 Å². The molecule has 1 rings (SSSR count). The largest absolute Gasteiger partial charge is 0.367 e. The van der Waals surface area contributed by atoms with Gasteiger partial charge in [-0.15, -0.1) is 0 Å². The maximum atomic E-state index is 11.3. The third kappa shape index (κ3) is 2.45. The summed E-state index contributed by atoms with van der Waals surface area (Å²) in [5, 5.41) is 10.7. The van der Waals surface area contributed by atoms with Crippen molar-refractivity contribution in [1.82, 2.24) is 10.3 Å². The van der Waals surface area contributed by atoms with E-state index < -0.39 is 5.91 Å². The summed E-state index contributed by atoms with van der Waals surface area (Å²) in [6, 6.07) is 3.17. The summed E-state index contributed by atoms with van der Waals surface area (Å²) in [5.41, 5.74) is -0.274. The summed E-state index contributed by atoms with van der Waals surface area (Å²) in [6.07, 6.45) is 3.02. The van der Waals surface area contributed by atoms with Gasteiger partial charge in [-0.1, -0.05) is 0 Å². The van der Waals surface area contributed by atoms with Crippen LogP contribution in [-0.4, -0.2) is 17.4 Å². The monoisotopic (exact) mass is 191 g/mol. The summed E-state index contributed by atoms with van der Waals surface area (Å²) in [4.78, 5) is 25.1. The molecular formula is C9H9N3O2. The number of nitrogens with one attached hydrogen (secondary N) is 2. The third-order valence-electron chi connectivity index (χ3n) is 1.59. The van der Waals surface area contributed by atoms with Gasteiger partial charge in [-0.05, 0) is 0 Å². The number of nitriles is 1. The van der Waals surface area contributed by atoms with Gasteiger partial charge < -0.3 is 10.3 Å². The minimum Gasteiger partial charge on any atom is -0.367 e. The van der Waals surface area contributed by atoms with Crippen molar-refractivity contribution in [2.45, 2.75) is 6.42 Å². The molecule has 1 amide bonds. The van der Waals surface area contributed by atoms with Crippen LogP contribution in [0.25, 0.3) is 0 Å². The molecule has 72 valence electrons. The molecule has 14 heavy (non-hydrogen) atoms. The molecule has 0 saturated heterocycles. The second-order valence-corrected chi connectivity index (χ2v) is 2.59. The number of H-pyrrole nitrogens is 1. The highest BCUT2D eigenvalue weighted by molar-refractivity contribution is 5.93. The maximum absolute atomic E-state index is 11.3. The Morgan fingerprint density at radius 3 is 3.07 bits per heavy atom. The molecular weight excluding hydrogens is 182 g/mol. The molecule has 0 unspecified atom stereocenters. The zero-order valence-corrected chi connectivity index (χ0v) is 7.41. The van der Waals surface area contributed by atoms with E-state index >= 15 is 0 Å². The van der Waals surface area contributed by atoms with Crippen molar-refractivity contribution < 1.29 is 4.79 Å². The van der Waals surface area contributed by atoms with E-state index in [0.29, 0.717) is 0 Å². The first-order valence-electron chi connectivity index (χ1n) is 4.08. The number of nitrogens with zero attached hydrogens (tertiary/aromatic N) is 1. The highest BCUT2D eigenvalue weighted by atomic mass is 16.2. The van der Waals surface area contributed by atoms with Crippen molar-refractivity contribution in [2.24, 2.45) is 0 Å². The smallest absolute Gasteiger partial charge is 0.256 e. The number of aromatic nitrogens is 1. The van der Waals surface area contributed by atoms with Crippen LogP contribution in [0.15, 0.2) is 23.3 Å². The van der Waals surface area contributed by atoms with Crippen LogP contribution in [0, 0.1) is 11.3 Å². The van der Waals surface area contributed by atoms with Gasteiger partial charge in [0.2, 0.25) is 0 Å². The quantitative estimate of drug-likeness (QED) is 0.660. The van der Waals surface area contributed by atoms with E-state index in [-0.39, 0.29) is 24.0 Å². The lowest BCUT2D eigenvalue weighted by atomic mass is 10.2. The van der Waals surface area contributed by atoms with Crippen molar-refractivity contribution >= 4 is 5.91 Å². The zero-order valence-electron chi connectivity index (χ0n) is 7.41. The van der Waals surface area contributed by atoms with E-state index in [1.807, 2.05) is 6.07 Å². The molecule has 5 nitrogen and oxygen atoms in total. The Labute approximate surface area is 80.4 Å². The SMILES string of the molecule is N#CCCNC(=O)c1c[nH]ccc1=O. The van der Waals surface area contributed by atoms with Gasteiger partial charge in [0.25, 0.3) is 5.91 Å². The van der Waals surface area contributed by atoms with Gasteiger partial charge in [0.05, 0.1) is 12.5 Å². The van der Waals surface area contributed by atoms with Gasteiger partial charge >= 0.3 is 0 Å². The summed E-state index contributed by atoms with van der Waals surface area (Å²) in [5.74, 6) is -0.456. The molecule has 0 saturated carbocycles. The van der Waals surface area contributed by atoms with Crippen LogP contribution >= 0.6 is 0 Å². The number of hydrogen-bond donors (Lipinski definition) is 2. The normalized spacial score (nSPS) is 9.07. The number of carbonyl (C=O) groups excluding carboxylic acids is 1. The minimum atomic E-state index is -0.456. The lowest BCUT2D eigenvalue weighted by molar-refractivity contribution is 0.0953. The Balaban J connectivity index is 2.67. The number of pyridine rings is 1. The number of hydrogen-bond acceptors (Lipinski definition) is 3. The second kappa shape index (κ2) is 4.82. The van der Waals surface area contributed by atoms with Crippen LogP contribution < -0.4 is 10.7 Å². The van der Waals surface area contributed by atoms with Crippen LogP contribution in [0.2, 0.25) is 0 Å². The van der Waals surface area contributed by atoms with Gasteiger partial charge in [0, 0.05) is 25.0 Å². The molecule has 0 atom stereocenters. The van der Waals surface area contributed by atoms with Crippen molar-refractivity contribution in [3.63, 3.8) is 0 Å². The van der Waals surface area contributed by atoms with Gasteiger partial charge in [-0.2, -0.15) is 5.26 Å². The highest BCUT2D eigenvalue weighted by Crippen LogP contribution is 1.87. The van der Waals surface area contributed by atoms with Gasteiger partial charge in [-0.3, -0.25) is 9.59 Å². The predicted molar refractivity (Wildman–Crippen MR) is 49.6 cm³/mol. The Morgan fingerprint density at radius 2 is 2.43 bits per heavy atom. The number of amides is 1. The summed E-state index contributed by atoms with van der Waals surface area (Å²) < 4.78 is 0. The van der Waals surface area contributed by atoms with Crippen molar-refractivity contribution in [2.75, 3.05) is 6.54 Å². The molecule has 1 aromatic heterocycles. The molecule has 0 bridgehead atoms. The Kier molecular flexibility index (Phi) is 3.44. The van der Waals surface area contributed by atoms with E-state index in [1.165, 1.54) is 18.5 Å². The number of rotatable bonds is 3. The Morgan fingerprint density at radius 1 is 1.64 bits per heavy atom. The average Bonchev–Trinajstić information content (AvgIpc) is 2.18. The van der Waals surface area contributed by atoms with Crippen molar-refractivity contribution in [3.8, 4) is 6.07 Å². The molecule has 0 radical (unpaired) electrons. The molecule has 2 N–H and O–H groups in total. The highest BCUT2D eigenvalue weighted by Gasteiger charge is 2.07. The van der Waals surface area contributed by atoms with E-state index in [0.717, 1.165) is 0 Å². The first-order chi connectivity index (χ1) is 6.75. The minimum absolute atomic E-state index is 0.0606. The van der Waals surface area contributed by atoms with E-state index in [4.69, 9.17) is 5.26 Å². The fourth-order valence-electron chi connectivity index (χ4n) is 0.921. The van der Waals surface area contributed by atoms with Crippen LogP contribution in [0.4, 0.5) is 0 Å². The van der Waals surface area contributed by atoms with Crippen molar-refractivity contribution in [1.29, 1.82) is 5.26 Å². The van der Waals surface area contributed by atoms with Crippen LogP contribution in [0.1, 0.15) is 16.8 Å². The second-order valence-electron chi connectivity index (χ2n) is 2.59. The molecule has 0 aromatic carbocycles. The summed E-state index contributed by atoms with van der Waals surface area (Å²) >= 11 is 0. The summed E-state index contributed by atoms with van der Waals surface area (Å²) in [6.45, 7) is 0.254. The number of aromatic amines is 1. The Bertz CT molecular complexity index is 417. The molecule has 0 aliphatic rings. The molecule has 0 aliphatic heterocycles. The topological polar surface area (TPSA) is 85.8 Å². The van der Waals surface area contributed by atoms with E-state index in [9.17, 15) is 9.59 Å². The van der Waals surface area contributed by atoms with E-state index in [2.05, 4.69) is 10.3 Å². The first kappa shape index (κ1) is 9.99. The fraction of sp³-hybridized carbons (Fsp3) is 0.222. The lowest BCUT2D eigenvalue weighted by Crippen LogP contribution is -2.28. The number of carbonyl (C=O) groups is 1. The molecule has 0 fully saturated rings. The standard InChI is InChI=1S/C9H9N3O2/c10-3-1-4-12-9(14)7-6-11-5-2-8(7)13/h2,5-6H,1,4H2,(H,11,13)(H,12,14). The zero-order chi connectivity index (χ0) is 10.4. The average molecular weight is 191 g/mol. The lowest BCUT2D eigenvalue weighted by Gasteiger charge is -2.00.